The minimum Gasteiger partial charge on any atom is -0.493 e. The number of sulfonamides is 1. The van der Waals surface area contributed by atoms with E-state index in [9.17, 15) is 18.0 Å². The van der Waals surface area contributed by atoms with Crippen LogP contribution in [0.1, 0.15) is 42.4 Å². The van der Waals surface area contributed by atoms with Gasteiger partial charge in [0.15, 0.2) is 11.5 Å². The molecule has 1 unspecified atom stereocenters. The molecule has 4 aromatic rings. The highest BCUT2D eigenvalue weighted by Crippen LogP contribution is 2.34. The lowest BCUT2D eigenvalue weighted by atomic mass is 10.0. The Hall–Kier alpha value is -4.83. The van der Waals surface area contributed by atoms with Crippen LogP contribution in [0.4, 0.5) is 5.69 Å². The molecular weight excluding hydrogens is 627 g/mol. The summed E-state index contributed by atoms with van der Waals surface area (Å²) in [4.78, 5) is 30.4. The summed E-state index contributed by atoms with van der Waals surface area (Å²) in [5.41, 5.74) is 2.82. The molecule has 48 heavy (non-hydrogen) atoms. The number of nitrogens with zero attached hydrogens (tertiary/aromatic N) is 2. The molecule has 5 rings (SSSR count). The van der Waals surface area contributed by atoms with E-state index in [1.807, 2.05) is 67.6 Å². The Labute approximate surface area is 283 Å². The van der Waals surface area contributed by atoms with Crippen LogP contribution in [0, 0.1) is 6.92 Å². The summed E-state index contributed by atoms with van der Waals surface area (Å²) >= 11 is 0. The highest BCUT2D eigenvalue weighted by atomic mass is 32.2. The quantitative estimate of drug-likeness (QED) is 0.179. The van der Waals surface area contributed by atoms with Crippen molar-refractivity contribution in [3.63, 3.8) is 0 Å². The molecule has 1 fully saturated rings. The fraction of sp³-hybridized carbons (Fsp3) is 0.316. The summed E-state index contributed by atoms with van der Waals surface area (Å²) in [6.07, 6.45) is 4.12. The predicted octanol–water partition coefficient (Wildman–Crippen LogP) is 5.91. The monoisotopic (exact) mass is 669 g/mol. The third-order valence-corrected chi connectivity index (χ3v) is 10.5. The van der Waals surface area contributed by atoms with Crippen molar-refractivity contribution >= 4 is 27.5 Å². The lowest BCUT2D eigenvalue weighted by Crippen LogP contribution is -2.54. The summed E-state index contributed by atoms with van der Waals surface area (Å²) in [7, 11) is -1.30. The third kappa shape index (κ3) is 8.36. The van der Waals surface area contributed by atoms with Crippen LogP contribution in [0.25, 0.3) is 0 Å². The lowest BCUT2D eigenvalue weighted by Gasteiger charge is -2.34. The number of methoxy groups -OCH3 is 2. The summed E-state index contributed by atoms with van der Waals surface area (Å²) < 4.78 is 40.7. The first-order valence-electron chi connectivity index (χ1n) is 16.2. The molecule has 252 valence electrons. The van der Waals surface area contributed by atoms with Gasteiger partial charge in [0, 0.05) is 25.1 Å². The van der Waals surface area contributed by atoms with Gasteiger partial charge in [-0.15, -0.1) is 0 Å². The van der Waals surface area contributed by atoms with Crippen molar-refractivity contribution in [3.05, 3.63) is 120 Å². The Balaban J connectivity index is 1.58. The number of hydrogen-bond donors (Lipinski definition) is 1. The van der Waals surface area contributed by atoms with Gasteiger partial charge in [-0.1, -0.05) is 91.2 Å². The summed E-state index contributed by atoms with van der Waals surface area (Å²) in [5.74, 6) is -0.0519. The van der Waals surface area contributed by atoms with Gasteiger partial charge in [0.1, 0.15) is 12.6 Å². The topological polar surface area (TPSA) is 105 Å². The van der Waals surface area contributed by atoms with Crippen molar-refractivity contribution in [3.8, 4) is 11.5 Å². The van der Waals surface area contributed by atoms with Gasteiger partial charge in [-0.2, -0.15) is 0 Å². The first kappa shape index (κ1) is 34.5. The number of aryl methyl sites for hydroxylation is 1. The van der Waals surface area contributed by atoms with E-state index in [0.717, 1.165) is 46.7 Å². The largest absolute Gasteiger partial charge is 0.493 e. The zero-order valence-electron chi connectivity index (χ0n) is 27.7. The number of anilines is 1. The molecule has 1 atom stereocenters. The van der Waals surface area contributed by atoms with Gasteiger partial charge < -0.3 is 19.7 Å². The van der Waals surface area contributed by atoms with Gasteiger partial charge >= 0.3 is 0 Å². The zero-order chi connectivity index (χ0) is 34.1. The second-order valence-electron chi connectivity index (χ2n) is 12.1. The van der Waals surface area contributed by atoms with E-state index in [0.29, 0.717) is 11.5 Å². The fourth-order valence-electron chi connectivity index (χ4n) is 6.05. The fourth-order valence-corrected chi connectivity index (χ4v) is 7.45. The second kappa shape index (κ2) is 15.8. The minimum atomic E-state index is -4.25. The number of benzene rings is 4. The van der Waals surface area contributed by atoms with Crippen LogP contribution in [0.3, 0.4) is 0 Å². The Morgan fingerprint density at radius 3 is 2.02 bits per heavy atom. The van der Waals surface area contributed by atoms with Crippen LogP contribution in [0.15, 0.2) is 108 Å². The second-order valence-corrected chi connectivity index (χ2v) is 13.9. The maximum atomic E-state index is 14.7. The average Bonchev–Trinajstić information content (AvgIpc) is 3.62. The summed E-state index contributed by atoms with van der Waals surface area (Å²) in [5, 5.41) is 3.20. The number of carbonyl (C=O) groups is 2. The van der Waals surface area contributed by atoms with E-state index in [1.165, 1.54) is 37.3 Å². The highest BCUT2D eigenvalue weighted by Gasteiger charge is 2.36. The average molecular weight is 670 g/mol. The SMILES string of the molecule is COc1ccc(N(CC(=O)N(Cc2ccccc2)C(Cc2ccccc2)C(=O)NC2CCCC2)S(=O)(=O)c2ccc(C)cc2)cc1OC. The molecule has 9 nitrogen and oxygen atoms in total. The van der Waals surface area contributed by atoms with Crippen LogP contribution >= 0.6 is 0 Å². The van der Waals surface area contributed by atoms with E-state index < -0.39 is 28.5 Å². The zero-order valence-corrected chi connectivity index (χ0v) is 28.5. The molecule has 4 aromatic carbocycles. The van der Waals surface area contributed by atoms with E-state index in [1.54, 1.807) is 24.3 Å². The van der Waals surface area contributed by atoms with Crippen molar-refractivity contribution in [2.75, 3.05) is 25.1 Å². The van der Waals surface area contributed by atoms with Gasteiger partial charge in [-0.3, -0.25) is 13.9 Å². The van der Waals surface area contributed by atoms with Crippen LogP contribution < -0.4 is 19.1 Å². The number of carbonyl (C=O) groups excluding carboxylic acids is 2. The number of ether oxygens (including phenoxy) is 2. The Morgan fingerprint density at radius 1 is 0.812 bits per heavy atom. The molecule has 0 aromatic heterocycles. The van der Waals surface area contributed by atoms with Crippen molar-refractivity contribution in [2.45, 2.75) is 62.6 Å². The molecule has 0 spiro atoms. The van der Waals surface area contributed by atoms with Gasteiger partial charge in [-0.05, 0) is 55.2 Å². The van der Waals surface area contributed by atoms with Gasteiger partial charge in [-0.25, -0.2) is 8.42 Å². The molecule has 1 aliphatic rings. The summed E-state index contributed by atoms with van der Waals surface area (Å²) in [6, 6.07) is 29.3. The molecule has 0 bridgehead atoms. The first-order valence-corrected chi connectivity index (χ1v) is 17.6. The maximum absolute atomic E-state index is 14.7. The molecule has 10 heteroatoms. The molecule has 0 aliphatic heterocycles. The molecule has 1 saturated carbocycles. The highest BCUT2D eigenvalue weighted by molar-refractivity contribution is 7.92. The van der Waals surface area contributed by atoms with Crippen LogP contribution in [0.2, 0.25) is 0 Å². The Kier molecular flexibility index (Phi) is 11.4. The van der Waals surface area contributed by atoms with Crippen molar-refractivity contribution < 1.29 is 27.5 Å². The third-order valence-electron chi connectivity index (χ3n) is 8.71. The van der Waals surface area contributed by atoms with Crippen LogP contribution in [-0.4, -0.2) is 58.0 Å². The lowest BCUT2D eigenvalue weighted by molar-refractivity contribution is -0.140. The number of nitrogens with one attached hydrogen (secondary N) is 1. The normalized spacial score (nSPS) is 13.8. The van der Waals surface area contributed by atoms with E-state index in [2.05, 4.69) is 5.32 Å². The molecule has 0 saturated heterocycles. The van der Waals surface area contributed by atoms with E-state index >= 15 is 0 Å². The van der Waals surface area contributed by atoms with E-state index in [-0.39, 0.29) is 35.5 Å². The standard InChI is InChI=1S/C38H43N3O6S/c1-28-18-21-33(22-19-28)48(44,45)41(32-20-23-35(46-2)36(25-32)47-3)27-37(42)40(26-30-14-8-5-9-15-30)34(24-29-12-6-4-7-13-29)38(43)39-31-16-10-11-17-31/h4-9,12-15,18-23,25,31,34H,10-11,16-17,24,26-27H2,1-3H3,(H,39,43). The van der Waals surface area contributed by atoms with Crippen molar-refractivity contribution in [2.24, 2.45) is 0 Å². The molecular formula is C38H43N3O6S. The minimum absolute atomic E-state index is 0.0325. The van der Waals surface area contributed by atoms with Crippen LogP contribution in [-0.2, 0) is 32.6 Å². The maximum Gasteiger partial charge on any atom is 0.264 e. The first-order chi connectivity index (χ1) is 23.2. The number of rotatable bonds is 14. The van der Waals surface area contributed by atoms with Crippen molar-refractivity contribution in [1.29, 1.82) is 0 Å². The van der Waals surface area contributed by atoms with Gasteiger partial charge in [0.2, 0.25) is 11.8 Å². The van der Waals surface area contributed by atoms with Gasteiger partial charge in [0.05, 0.1) is 24.8 Å². The smallest absolute Gasteiger partial charge is 0.264 e. The Bertz CT molecular complexity index is 1780. The summed E-state index contributed by atoms with van der Waals surface area (Å²) in [6.45, 7) is 1.43. The molecule has 1 N–H and O–H groups in total. The molecule has 1 aliphatic carbocycles. The molecule has 0 heterocycles. The molecule has 0 radical (unpaired) electrons. The Morgan fingerprint density at radius 2 is 1.42 bits per heavy atom. The molecule has 2 amide bonds. The van der Waals surface area contributed by atoms with Crippen LogP contribution in [0.5, 0.6) is 11.5 Å². The number of hydrogen-bond acceptors (Lipinski definition) is 6. The van der Waals surface area contributed by atoms with E-state index in [4.69, 9.17) is 9.47 Å². The predicted molar refractivity (Wildman–Crippen MR) is 187 cm³/mol. The van der Waals surface area contributed by atoms with Gasteiger partial charge in [0.25, 0.3) is 10.0 Å². The number of amides is 2. The van der Waals surface area contributed by atoms with Crippen molar-refractivity contribution in [1.82, 2.24) is 10.2 Å².